The van der Waals surface area contributed by atoms with E-state index in [1.807, 2.05) is 6.92 Å². The summed E-state index contributed by atoms with van der Waals surface area (Å²) in [6, 6.07) is 3.49. The fourth-order valence-electron chi connectivity index (χ4n) is 1.04. The van der Waals surface area contributed by atoms with Gasteiger partial charge in [0.25, 0.3) is 0 Å². The second kappa shape index (κ2) is 6.74. The zero-order chi connectivity index (χ0) is 11.8. The van der Waals surface area contributed by atoms with Gasteiger partial charge in [-0.3, -0.25) is 4.98 Å². The minimum atomic E-state index is -0.354. The molecule has 16 heavy (non-hydrogen) atoms. The first-order chi connectivity index (χ1) is 7.76. The number of ether oxygens (including phenoxy) is 1. The van der Waals surface area contributed by atoms with Gasteiger partial charge in [-0.05, 0) is 24.1 Å². The normalized spacial score (nSPS) is 10.6. The van der Waals surface area contributed by atoms with Crippen molar-refractivity contribution in [3.05, 3.63) is 35.7 Å². The SMILES string of the molecule is CCCOC(=O)/C=C/c1ccc(CO)nc1. The van der Waals surface area contributed by atoms with Crippen molar-refractivity contribution in [2.45, 2.75) is 20.0 Å². The molecule has 0 unspecified atom stereocenters. The standard InChI is InChI=1S/C12H15NO3/c1-2-7-16-12(15)6-4-10-3-5-11(9-14)13-8-10/h3-6,8,14H,2,7,9H2,1H3/b6-4+. The molecule has 0 aliphatic carbocycles. The quantitative estimate of drug-likeness (QED) is 0.605. The second-order valence-electron chi connectivity index (χ2n) is 3.24. The van der Waals surface area contributed by atoms with E-state index in [9.17, 15) is 4.79 Å². The van der Waals surface area contributed by atoms with Gasteiger partial charge in [0.1, 0.15) is 0 Å². The molecule has 0 amide bonds. The molecule has 0 atom stereocenters. The van der Waals surface area contributed by atoms with Crippen molar-refractivity contribution in [2.24, 2.45) is 0 Å². The lowest BCUT2D eigenvalue weighted by Crippen LogP contribution is -2.00. The zero-order valence-corrected chi connectivity index (χ0v) is 9.22. The maximum Gasteiger partial charge on any atom is 0.330 e. The first-order valence-corrected chi connectivity index (χ1v) is 5.17. The van der Waals surface area contributed by atoms with Crippen LogP contribution in [-0.4, -0.2) is 22.7 Å². The molecule has 1 rings (SSSR count). The number of nitrogens with zero attached hydrogens (tertiary/aromatic N) is 1. The summed E-state index contributed by atoms with van der Waals surface area (Å²) in [5, 5.41) is 8.79. The highest BCUT2D eigenvalue weighted by molar-refractivity contribution is 5.86. The first-order valence-electron chi connectivity index (χ1n) is 5.17. The number of aromatic nitrogens is 1. The Balaban J connectivity index is 2.52. The van der Waals surface area contributed by atoms with Gasteiger partial charge in [-0.25, -0.2) is 4.79 Å². The number of carbonyl (C=O) groups is 1. The molecule has 86 valence electrons. The third-order valence-electron chi connectivity index (χ3n) is 1.87. The highest BCUT2D eigenvalue weighted by Gasteiger charge is 1.96. The van der Waals surface area contributed by atoms with Crippen LogP contribution in [0.25, 0.3) is 6.08 Å². The number of hydrogen-bond donors (Lipinski definition) is 1. The van der Waals surface area contributed by atoms with Crippen molar-refractivity contribution in [1.29, 1.82) is 0 Å². The second-order valence-corrected chi connectivity index (χ2v) is 3.24. The Morgan fingerprint density at radius 3 is 2.94 bits per heavy atom. The van der Waals surface area contributed by atoms with Crippen molar-refractivity contribution in [3.8, 4) is 0 Å². The molecular weight excluding hydrogens is 206 g/mol. The number of hydrogen-bond acceptors (Lipinski definition) is 4. The average Bonchev–Trinajstić information content (AvgIpc) is 2.34. The number of carbonyl (C=O) groups excluding carboxylic acids is 1. The highest BCUT2D eigenvalue weighted by atomic mass is 16.5. The number of aliphatic hydroxyl groups excluding tert-OH is 1. The monoisotopic (exact) mass is 221 g/mol. The van der Waals surface area contributed by atoms with Crippen molar-refractivity contribution in [3.63, 3.8) is 0 Å². The summed E-state index contributed by atoms with van der Waals surface area (Å²) in [6.45, 7) is 2.29. The maximum atomic E-state index is 11.1. The van der Waals surface area contributed by atoms with Crippen molar-refractivity contribution >= 4 is 12.0 Å². The van der Waals surface area contributed by atoms with Crippen LogP contribution in [0.15, 0.2) is 24.4 Å². The number of pyridine rings is 1. The van der Waals surface area contributed by atoms with Crippen LogP contribution < -0.4 is 0 Å². The molecule has 0 saturated carbocycles. The number of esters is 1. The summed E-state index contributed by atoms with van der Waals surface area (Å²) >= 11 is 0. The van der Waals surface area contributed by atoms with E-state index in [1.54, 1.807) is 24.4 Å². The van der Waals surface area contributed by atoms with Gasteiger partial charge in [0, 0.05) is 12.3 Å². The Labute approximate surface area is 94.6 Å². The van der Waals surface area contributed by atoms with Crippen LogP contribution in [0.2, 0.25) is 0 Å². The summed E-state index contributed by atoms with van der Waals surface area (Å²) < 4.78 is 4.87. The predicted molar refractivity (Wildman–Crippen MR) is 60.4 cm³/mol. The van der Waals surface area contributed by atoms with Gasteiger partial charge in [-0.1, -0.05) is 13.0 Å². The molecule has 0 aromatic carbocycles. The van der Waals surface area contributed by atoms with Crippen molar-refractivity contribution in [2.75, 3.05) is 6.61 Å². The van der Waals surface area contributed by atoms with Gasteiger partial charge in [0.15, 0.2) is 0 Å². The van der Waals surface area contributed by atoms with Crippen molar-refractivity contribution in [1.82, 2.24) is 4.98 Å². The molecule has 1 aromatic heterocycles. The zero-order valence-electron chi connectivity index (χ0n) is 9.22. The van der Waals surface area contributed by atoms with Crippen LogP contribution in [0, 0.1) is 0 Å². The topological polar surface area (TPSA) is 59.4 Å². The summed E-state index contributed by atoms with van der Waals surface area (Å²) in [4.78, 5) is 15.1. The van der Waals surface area contributed by atoms with E-state index in [-0.39, 0.29) is 12.6 Å². The van der Waals surface area contributed by atoms with Crippen LogP contribution in [-0.2, 0) is 16.1 Å². The smallest absolute Gasteiger partial charge is 0.330 e. The molecule has 0 saturated heterocycles. The molecule has 1 N–H and O–H groups in total. The van der Waals surface area contributed by atoms with Crippen LogP contribution in [0.1, 0.15) is 24.6 Å². The lowest BCUT2D eigenvalue weighted by atomic mass is 10.2. The fourth-order valence-corrected chi connectivity index (χ4v) is 1.04. The minimum absolute atomic E-state index is 0.0808. The van der Waals surface area contributed by atoms with Crippen LogP contribution in [0.4, 0.5) is 0 Å². The lowest BCUT2D eigenvalue weighted by Gasteiger charge is -1.98. The molecule has 4 heteroatoms. The van der Waals surface area contributed by atoms with E-state index in [0.29, 0.717) is 12.3 Å². The summed E-state index contributed by atoms with van der Waals surface area (Å²) in [5.41, 5.74) is 1.40. The Morgan fingerprint density at radius 1 is 1.56 bits per heavy atom. The molecule has 0 fully saturated rings. The van der Waals surface area contributed by atoms with E-state index in [2.05, 4.69) is 4.98 Å². The van der Waals surface area contributed by atoms with Gasteiger partial charge in [0.2, 0.25) is 0 Å². The van der Waals surface area contributed by atoms with E-state index in [1.165, 1.54) is 6.08 Å². The Morgan fingerprint density at radius 2 is 2.38 bits per heavy atom. The Kier molecular flexibility index (Phi) is 5.22. The van der Waals surface area contributed by atoms with Crippen LogP contribution in [0.5, 0.6) is 0 Å². The van der Waals surface area contributed by atoms with Crippen LogP contribution >= 0.6 is 0 Å². The molecule has 0 aliphatic heterocycles. The molecule has 0 bridgehead atoms. The first kappa shape index (κ1) is 12.4. The van der Waals surface area contributed by atoms with Crippen LogP contribution in [0.3, 0.4) is 0 Å². The lowest BCUT2D eigenvalue weighted by molar-refractivity contribution is -0.137. The van der Waals surface area contributed by atoms with Crippen molar-refractivity contribution < 1.29 is 14.6 Å². The van der Waals surface area contributed by atoms with Gasteiger partial charge in [-0.2, -0.15) is 0 Å². The Hall–Kier alpha value is -1.68. The predicted octanol–water partition coefficient (Wildman–Crippen LogP) is 1.54. The molecule has 4 nitrogen and oxygen atoms in total. The fraction of sp³-hybridized carbons (Fsp3) is 0.333. The maximum absolute atomic E-state index is 11.1. The summed E-state index contributed by atoms with van der Waals surface area (Å²) in [7, 11) is 0. The number of rotatable bonds is 5. The summed E-state index contributed by atoms with van der Waals surface area (Å²) in [6.07, 6.45) is 5.40. The van der Waals surface area contributed by atoms with E-state index in [4.69, 9.17) is 9.84 Å². The van der Waals surface area contributed by atoms with E-state index >= 15 is 0 Å². The average molecular weight is 221 g/mol. The summed E-state index contributed by atoms with van der Waals surface area (Å²) in [5.74, 6) is -0.354. The largest absolute Gasteiger partial charge is 0.463 e. The van der Waals surface area contributed by atoms with Gasteiger partial charge >= 0.3 is 5.97 Å². The molecule has 0 radical (unpaired) electrons. The molecular formula is C12H15NO3. The molecule has 1 heterocycles. The highest BCUT2D eigenvalue weighted by Crippen LogP contribution is 2.02. The van der Waals surface area contributed by atoms with Gasteiger partial charge in [-0.15, -0.1) is 0 Å². The third kappa shape index (κ3) is 4.23. The minimum Gasteiger partial charge on any atom is -0.463 e. The van der Waals surface area contributed by atoms with E-state index < -0.39 is 0 Å². The van der Waals surface area contributed by atoms with E-state index in [0.717, 1.165) is 12.0 Å². The molecule has 1 aromatic rings. The Bertz CT molecular complexity index is 357. The molecule has 0 spiro atoms. The van der Waals surface area contributed by atoms with Gasteiger partial charge in [0.05, 0.1) is 18.9 Å². The van der Waals surface area contributed by atoms with Gasteiger partial charge < -0.3 is 9.84 Å². The third-order valence-corrected chi connectivity index (χ3v) is 1.87. The molecule has 0 aliphatic rings. The number of aliphatic hydroxyl groups is 1.